The van der Waals surface area contributed by atoms with E-state index in [1.54, 1.807) is 25.1 Å². The molecule has 0 saturated heterocycles. The molecule has 2 aromatic rings. The van der Waals surface area contributed by atoms with E-state index in [1.165, 1.54) is 24.3 Å². The molecule has 1 aliphatic rings. The van der Waals surface area contributed by atoms with Crippen LogP contribution < -0.4 is 14.8 Å². The number of nitrogens with zero attached hydrogens (tertiary/aromatic N) is 2. The Hall–Kier alpha value is -3.09. The molecule has 1 N–H and O–H groups in total. The molecular formula is C19H19N3O5S. The second-order valence-corrected chi connectivity index (χ2v) is 7.92. The van der Waals surface area contributed by atoms with Crippen LogP contribution in [-0.4, -0.2) is 44.9 Å². The molecule has 0 atom stereocenters. The van der Waals surface area contributed by atoms with Gasteiger partial charge >= 0.3 is 0 Å². The van der Waals surface area contributed by atoms with Gasteiger partial charge in [-0.15, -0.1) is 0 Å². The fraction of sp³-hybridized carbons (Fsp3) is 0.263. The number of anilines is 1. The third kappa shape index (κ3) is 4.24. The van der Waals surface area contributed by atoms with E-state index in [1.807, 2.05) is 6.07 Å². The maximum absolute atomic E-state index is 12.8. The lowest BCUT2D eigenvalue weighted by Crippen LogP contribution is -2.37. The van der Waals surface area contributed by atoms with Crippen LogP contribution in [-0.2, 0) is 14.8 Å². The van der Waals surface area contributed by atoms with Crippen molar-refractivity contribution < 1.29 is 22.7 Å². The number of nitriles is 1. The zero-order valence-corrected chi connectivity index (χ0v) is 16.0. The first-order valence-corrected chi connectivity index (χ1v) is 10.1. The number of likely N-dealkylation sites (N-methyl/N-ethyl adjacent to an activating group) is 1. The number of rotatable bonds is 6. The van der Waals surface area contributed by atoms with Gasteiger partial charge in [0.1, 0.15) is 13.2 Å². The molecule has 0 saturated carbocycles. The van der Waals surface area contributed by atoms with Gasteiger partial charge in [-0.05, 0) is 30.3 Å². The van der Waals surface area contributed by atoms with Crippen molar-refractivity contribution in [2.75, 3.05) is 31.6 Å². The Morgan fingerprint density at radius 1 is 1.18 bits per heavy atom. The predicted molar refractivity (Wildman–Crippen MR) is 102 cm³/mol. The Morgan fingerprint density at radius 2 is 1.93 bits per heavy atom. The minimum atomic E-state index is -3.91. The topological polar surface area (TPSA) is 109 Å². The molecule has 1 heterocycles. The van der Waals surface area contributed by atoms with Gasteiger partial charge in [-0.2, -0.15) is 9.57 Å². The minimum Gasteiger partial charge on any atom is -0.486 e. The lowest BCUT2D eigenvalue weighted by molar-refractivity contribution is -0.116. The van der Waals surface area contributed by atoms with Crippen molar-refractivity contribution in [2.45, 2.75) is 11.8 Å². The fourth-order valence-electron chi connectivity index (χ4n) is 2.72. The largest absolute Gasteiger partial charge is 0.486 e. The number of hydrogen-bond donors (Lipinski definition) is 1. The first-order valence-electron chi connectivity index (χ1n) is 8.64. The number of hydrogen-bond acceptors (Lipinski definition) is 6. The maximum Gasteiger partial charge on any atom is 0.243 e. The van der Waals surface area contributed by atoms with Gasteiger partial charge in [-0.25, -0.2) is 8.42 Å². The summed E-state index contributed by atoms with van der Waals surface area (Å²) in [5.74, 6) is 0.635. The van der Waals surface area contributed by atoms with Crippen LogP contribution in [0.15, 0.2) is 47.4 Å². The summed E-state index contributed by atoms with van der Waals surface area (Å²) >= 11 is 0. The number of amides is 1. The summed E-state index contributed by atoms with van der Waals surface area (Å²) in [6, 6.07) is 12.6. The Bertz CT molecular complexity index is 1030. The van der Waals surface area contributed by atoms with E-state index in [2.05, 4.69) is 5.32 Å². The quantitative estimate of drug-likeness (QED) is 0.793. The highest BCUT2D eigenvalue weighted by Gasteiger charge is 2.25. The summed E-state index contributed by atoms with van der Waals surface area (Å²) in [6.07, 6.45) is 0. The Balaban J connectivity index is 1.73. The van der Waals surface area contributed by atoms with Crippen molar-refractivity contribution >= 4 is 21.6 Å². The molecule has 0 spiro atoms. The van der Waals surface area contributed by atoms with E-state index in [4.69, 9.17) is 14.7 Å². The molecule has 2 aromatic carbocycles. The molecule has 1 aliphatic heterocycles. The van der Waals surface area contributed by atoms with Gasteiger partial charge in [0.15, 0.2) is 11.5 Å². The SMILES string of the molecule is CCN(CC(=O)Nc1ccc2c(c1)OCCO2)S(=O)(=O)c1cccc(C#N)c1. The molecular weight excluding hydrogens is 382 g/mol. The standard InChI is InChI=1S/C19H19N3O5S/c1-2-22(28(24,25)16-5-3-4-14(10-16)12-20)13-19(23)21-15-6-7-17-18(11-15)27-9-8-26-17/h3-7,10-11H,2,8-9,13H2,1H3,(H,21,23). The first kappa shape index (κ1) is 19.7. The number of sulfonamides is 1. The molecule has 8 nitrogen and oxygen atoms in total. The molecule has 0 unspecified atom stereocenters. The summed E-state index contributed by atoms with van der Waals surface area (Å²) < 4.78 is 37.6. The van der Waals surface area contributed by atoms with Gasteiger partial charge in [0.05, 0.1) is 23.1 Å². The van der Waals surface area contributed by atoms with Crippen molar-refractivity contribution in [3.8, 4) is 17.6 Å². The molecule has 146 valence electrons. The number of fused-ring (bicyclic) bond motifs is 1. The van der Waals surface area contributed by atoms with E-state index >= 15 is 0 Å². The van der Waals surface area contributed by atoms with E-state index in [-0.39, 0.29) is 23.5 Å². The van der Waals surface area contributed by atoms with Crippen LogP contribution in [0.4, 0.5) is 5.69 Å². The van der Waals surface area contributed by atoms with Crippen LogP contribution in [0.5, 0.6) is 11.5 Å². The highest BCUT2D eigenvalue weighted by atomic mass is 32.2. The molecule has 0 radical (unpaired) electrons. The third-order valence-corrected chi connectivity index (χ3v) is 6.02. The monoisotopic (exact) mass is 401 g/mol. The zero-order valence-electron chi connectivity index (χ0n) is 15.2. The Morgan fingerprint density at radius 3 is 2.64 bits per heavy atom. The normalized spacial score (nSPS) is 13.0. The predicted octanol–water partition coefficient (Wildman–Crippen LogP) is 1.98. The number of nitrogens with one attached hydrogen (secondary N) is 1. The second-order valence-electron chi connectivity index (χ2n) is 5.98. The van der Waals surface area contributed by atoms with Gasteiger partial charge in [0.2, 0.25) is 15.9 Å². The van der Waals surface area contributed by atoms with Crippen molar-refractivity contribution in [3.63, 3.8) is 0 Å². The van der Waals surface area contributed by atoms with E-state index in [9.17, 15) is 13.2 Å². The van der Waals surface area contributed by atoms with E-state index < -0.39 is 15.9 Å². The van der Waals surface area contributed by atoms with Crippen molar-refractivity contribution in [1.29, 1.82) is 5.26 Å². The summed E-state index contributed by atoms with van der Waals surface area (Å²) in [5.41, 5.74) is 0.715. The molecule has 9 heteroatoms. The lowest BCUT2D eigenvalue weighted by atomic mass is 10.2. The van der Waals surface area contributed by atoms with Crippen LogP contribution in [0.1, 0.15) is 12.5 Å². The Kier molecular flexibility index (Phi) is 5.82. The molecule has 0 fully saturated rings. The smallest absolute Gasteiger partial charge is 0.243 e. The maximum atomic E-state index is 12.8. The molecule has 3 rings (SSSR count). The average molecular weight is 401 g/mol. The number of carbonyl (C=O) groups excluding carboxylic acids is 1. The fourth-order valence-corrected chi connectivity index (χ4v) is 4.18. The minimum absolute atomic E-state index is 0.0273. The van der Waals surface area contributed by atoms with Gasteiger partial charge in [0, 0.05) is 18.3 Å². The molecule has 0 bridgehead atoms. The number of ether oxygens (including phenoxy) is 2. The van der Waals surface area contributed by atoms with Crippen molar-refractivity contribution in [2.24, 2.45) is 0 Å². The van der Waals surface area contributed by atoms with Crippen LogP contribution >= 0.6 is 0 Å². The first-order chi connectivity index (χ1) is 13.4. The second kappa shape index (κ2) is 8.29. The highest BCUT2D eigenvalue weighted by Crippen LogP contribution is 2.32. The van der Waals surface area contributed by atoms with Gasteiger partial charge in [-0.3, -0.25) is 4.79 Å². The zero-order chi connectivity index (χ0) is 20.1. The van der Waals surface area contributed by atoms with Crippen molar-refractivity contribution in [3.05, 3.63) is 48.0 Å². The summed E-state index contributed by atoms with van der Waals surface area (Å²) in [5, 5.41) is 11.6. The van der Waals surface area contributed by atoms with E-state index in [0.717, 1.165) is 4.31 Å². The molecule has 0 aliphatic carbocycles. The van der Waals surface area contributed by atoms with Gasteiger partial charge in [-0.1, -0.05) is 13.0 Å². The summed E-state index contributed by atoms with van der Waals surface area (Å²) in [6.45, 7) is 2.28. The van der Waals surface area contributed by atoms with Gasteiger partial charge in [0.25, 0.3) is 0 Å². The Labute approximate surface area is 163 Å². The lowest BCUT2D eigenvalue weighted by Gasteiger charge is -2.21. The van der Waals surface area contributed by atoms with Crippen LogP contribution in [0.2, 0.25) is 0 Å². The van der Waals surface area contributed by atoms with Crippen LogP contribution in [0.25, 0.3) is 0 Å². The number of carbonyl (C=O) groups is 1. The van der Waals surface area contributed by atoms with Crippen LogP contribution in [0.3, 0.4) is 0 Å². The average Bonchev–Trinajstić information content (AvgIpc) is 2.71. The third-order valence-electron chi connectivity index (χ3n) is 4.10. The molecule has 0 aromatic heterocycles. The molecule has 1 amide bonds. The van der Waals surface area contributed by atoms with E-state index in [0.29, 0.717) is 30.4 Å². The highest BCUT2D eigenvalue weighted by molar-refractivity contribution is 7.89. The molecule has 28 heavy (non-hydrogen) atoms. The summed E-state index contributed by atoms with van der Waals surface area (Å²) in [4.78, 5) is 12.4. The summed E-state index contributed by atoms with van der Waals surface area (Å²) in [7, 11) is -3.91. The number of benzene rings is 2. The van der Waals surface area contributed by atoms with Crippen LogP contribution in [0, 0.1) is 11.3 Å². The van der Waals surface area contributed by atoms with Gasteiger partial charge < -0.3 is 14.8 Å². The van der Waals surface area contributed by atoms with Crippen molar-refractivity contribution in [1.82, 2.24) is 4.31 Å².